The Morgan fingerprint density at radius 3 is 2.37 bits per heavy atom. The first-order chi connectivity index (χ1) is 9.11. The van der Waals surface area contributed by atoms with Crippen LogP contribution in [0.3, 0.4) is 0 Å². The van der Waals surface area contributed by atoms with Crippen LogP contribution < -0.4 is 10.6 Å². The minimum atomic E-state index is 0.0941. The van der Waals surface area contributed by atoms with E-state index in [0.717, 1.165) is 58.3 Å². The van der Waals surface area contributed by atoms with Gasteiger partial charge in [-0.2, -0.15) is 0 Å². The highest BCUT2D eigenvalue weighted by Gasteiger charge is 2.28. The molecule has 0 aromatic rings. The van der Waals surface area contributed by atoms with E-state index in [4.69, 9.17) is 0 Å². The second-order valence-electron chi connectivity index (χ2n) is 5.93. The van der Waals surface area contributed by atoms with E-state index >= 15 is 0 Å². The molecule has 4 nitrogen and oxygen atoms in total. The van der Waals surface area contributed by atoms with Crippen molar-refractivity contribution in [2.75, 3.05) is 32.7 Å². The zero-order valence-electron chi connectivity index (χ0n) is 12.9. The van der Waals surface area contributed by atoms with Gasteiger partial charge in [-0.1, -0.05) is 26.7 Å². The van der Waals surface area contributed by atoms with E-state index in [1.807, 2.05) is 4.90 Å². The Hall–Kier alpha value is -0.610. The summed E-state index contributed by atoms with van der Waals surface area (Å²) >= 11 is 0. The van der Waals surface area contributed by atoms with E-state index in [0.29, 0.717) is 6.54 Å². The van der Waals surface area contributed by atoms with Crippen molar-refractivity contribution in [3.63, 3.8) is 0 Å². The smallest absolute Gasteiger partial charge is 0.236 e. The Labute approximate surface area is 118 Å². The minimum Gasteiger partial charge on any atom is -0.342 e. The molecule has 0 aliphatic carbocycles. The summed E-state index contributed by atoms with van der Waals surface area (Å²) in [6.45, 7) is 10.8. The lowest BCUT2D eigenvalue weighted by molar-refractivity contribution is -0.130. The summed E-state index contributed by atoms with van der Waals surface area (Å²) in [5.74, 6) is 0.259. The molecule has 1 amide bonds. The molecule has 4 heteroatoms. The number of hydrogen-bond acceptors (Lipinski definition) is 3. The molecule has 19 heavy (non-hydrogen) atoms. The molecule has 1 fully saturated rings. The Morgan fingerprint density at radius 1 is 1.26 bits per heavy atom. The van der Waals surface area contributed by atoms with Crippen molar-refractivity contribution in [2.45, 2.75) is 58.4 Å². The number of carbonyl (C=O) groups is 1. The van der Waals surface area contributed by atoms with Crippen molar-refractivity contribution >= 4 is 5.91 Å². The molecule has 1 rings (SSSR count). The molecule has 0 aromatic carbocycles. The van der Waals surface area contributed by atoms with Crippen LogP contribution in [0.1, 0.15) is 52.9 Å². The second kappa shape index (κ2) is 8.54. The molecule has 1 unspecified atom stereocenters. The lowest BCUT2D eigenvalue weighted by atomic mass is 10.0. The van der Waals surface area contributed by atoms with Crippen molar-refractivity contribution in [1.82, 2.24) is 15.5 Å². The van der Waals surface area contributed by atoms with Crippen LogP contribution in [0.25, 0.3) is 0 Å². The molecule has 1 aliphatic heterocycles. The van der Waals surface area contributed by atoms with E-state index in [1.54, 1.807) is 0 Å². The first-order valence-corrected chi connectivity index (χ1v) is 7.85. The monoisotopic (exact) mass is 269 g/mol. The Bertz CT molecular complexity index is 254. The number of nitrogens with one attached hydrogen (secondary N) is 2. The highest BCUT2D eigenvalue weighted by Crippen LogP contribution is 2.12. The summed E-state index contributed by atoms with van der Waals surface area (Å²) < 4.78 is 0. The molecular weight excluding hydrogens is 238 g/mol. The maximum Gasteiger partial charge on any atom is 0.236 e. The summed E-state index contributed by atoms with van der Waals surface area (Å²) in [5.41, 5.74) is 0.0941. The number of amides is 1. The number of carbonyl (C=O) groups excluding carboxylic acids is 1. The SMILES string of the molecule is CCCCN(CCCC)C(=O)CNC1(C)CCNC1. The topological polar surface area (TPSA) is 44.4 Å². The number of hydrogen-bond donors (Lipinski definition) is 2. The molecule has 0 aromatic heterocycles. The van der Waals surface area contributed by atoms with Gasteiger partial charge in [0.05, 0.1) is 6.54 Å². The maximum atomic E-state index is 12.3. The lowest BCUT2D eigenvalue weighted by Gasteiger charge is -2.28. The van der Waals surface area contributed by atoms with E-state index in [2.05, 4.69) is 31.4 Å². The summed E-state index contributed by atoms with van der Waals surface area (Å²) in [4.78, 5) is 14.3. The quantitative estimate of drug-likeness (QED) is 0.670. The molecule has 1 aliphatic rings. The highest BCUT2D eigenvalue weighted by atomic mass is 16.2. The van der Waals surface area contributed by atoms with Gasteiger partial charge < -0.3 is 15.5 Å². The fourth-order valence-electron chi connectivity index (χ4n) is 2.43. The summed E-state index contributed by atoms with van der Waals surface area (Å²) in [6.07, 6.45) is 5.60. The molecule has 0 bridgehead atoms. The van der Waals surface area contributed by atoms with E-state index in [-0.39, 0.29) is 11.4 Å². The standard InChI is InChI=1S/C15H31N3O/c1-4-6-10-18(11-7-5-2)14(19)12-17-15(3)8-9-16-13-15/h16-17H,4-13H2,1-3H3. The van der Waals surface area contributed by atoms with Crippen molar-refractivity contribution < 1.29 is 4.79 Å². The van der Waals surface area contributed by atoms with Gasteiger partial charge in [-0.15, -0.1) is 0 Å². The molecule has 1 heterocycles. The summed E-state index contributed by atoms with van der Waals surface area (Å²) in [6, 6.07) is 0. The minimum absolute atomic E-state index is 0.0941. The normalized spacial score (nSPS) is 22.7. The van der Waals surface area contributed by atoms with Crippen LogP contribution in [0.15, 0.2) is 0 Å². The molecule has 0 spiro atoms. The first-order valence-electron chi connectivity index (χ1n) is 7.85. The Morgan fingerprint density at radius 2 is 1.89 bits per heavy atom. The van der Waals surface area contributed by atoms with E-state index in [9.17, 15) is 4.79 Å². The third-order valence-corrected chi connectivity index (χ3v) is 3.95. The Kier molecular flexibility index (Phi) is 7.39. The van der Waals surface area contributed by atoms with Crippen LogP contribution in [0, 0.1) is 0 Å². The van der Waals surface area contributed by atoms with Crippen LogP contribution >= 0.6 is 0 Å². The number of unbranched alkanes of at least 4 members (excludes halogenated alkanes) is 2. The van der Waals surface area contributed by atoms with Gasteiger partial charge in [0.2, 0.25) is 5.91 Å². The third kappa shape index (κ3) is 5.91. The Balaban J connectivity index is 2.36. The summed E-state index contributed by atoms with van der Waals surface area (Å²) in [5, 5.41) is 6.78. The van der Waals surface area contributed by atoms with Crippen LogP contribution in [-0.4, -0.2) is 49.1 Å². The largest absolute Gasteiger partial charge is 0.342 e. The molecule has 1 saturated heterocycles. The molecule has 0 radical (unpaired) electrons. The van der Waals surface area contributed by atoms with Gasteiger partial charge in [-0.3, -0.25) is 4.79 Å². The average Bonchev–Trinajstić information content (AvgIpc) is 2.84. The van der Waals surface area contributed by atoms with Gasteiger partial charge in [0.25, 0.3) is 0 Å². The first kappa shape index (κ1) is 16.4. The van der Waals surface area contributed by atoms with Gasteiger partial charge in [0.15, 0.2) is 0 Å². The van der Waals surface area contributed by atoms with Crippen LogP contribution in [0.4, 0.5) is 0 Å². The number of nitrogens with zero attached hydrogens (tertiary/aromatic N) is 1. The predicted molar refractivity (Wildman–Crippen MR) is 80.3 cm³/mol. The van der Waals surface area contributed by atoms with Crippen LogP contribution in [0.5, 0.6) is 0 Å². The van der Waals surface area contributed by atoms with Crippen molar-refractivity contribution in [1.29, 1.82) is 0 Å². The van der Waals surface area contributed by atoms with Crippen molar-refractivity contribution in [3.8, 4) is 0 Å². The van der Waals surface area contributed by atoms with Crippen LogP contribution in [0.2, 0.25) is 0 Å². The molecule has 112 valence electrons. The second-order valence-corrected chi connectivity index (χ2v) is 5.93. The lowest BCUT2D eigenvalue weighted by Crippen LogP contribution is -2.49. The van der Waals surface area contributed by atoms with Gasteiger partial charge in [0, 0.05) is 25.2 Å². The predicted octanol–water partition coefficient (Wildman–Crippen LogP) is 1.76. The zero-order chi connectivity index (χ0) is 14.1. The van der Waals surface area contributed by atoms with Crippen LogP contribution in [-0.2, 0) is 4.79 Å². The van der Waals surface area contributed by atoms with Crippen molar-refractivity contribution in [3.05, 3.63) is 0 Å². The molecule has 2 N–H and O–H groups in total. The zero-order valence-corrected chi connectivity index (χ0v) is 12.9. The average molecular weight is 269 g/mol. The summed E-state index contributed by atoms with van der Waals surface area (Å²) in [7, 11) is 0. The molecular formula is C15H31N3O. The fourth-order valence-corrected chi connectivity index (χ4v) is 2.43. The van der Waals surface area contributed by atoms with Gasteiger partial charge in [0.1, 0.15) is 0 Å². The third-order valence-electron chi connectivity index (χ3n) is 3.95. The maximum absolute atomic E-state index is 12.3. The highest BCUT2D eigenvalue weighted by molar-refractivity contribution is 5.78. The van der Waals surface area contributed by atoms with Gasteiger partial charge in [-0.25, -0.2) is 0 Å². The van der Waals surface area contributed by atoms with Gasteiger partial charge in [-0.05, 0) is 32.7 Å². The van der Waals surface area contributed by atoms with E-state index in [1.165, 1.54) is 0 Å². The fraction of sp³-hybridized carbons (Fsp3) is 0.933. The molecule has 1 atom stereocenters. The number of rotatable bonds is 9. The van der Waals surface area contributed by atoms with Crippen molar-refractivity contribution in [2.24, 2.45) is 0 Å². The van der Waals surface area contributed by atoms with E-state index < -0.39 is 0 Å². The molecule has 0 saturated carbocycles. The van der Waals surface area contributed by atoms with Gasteiger partial charge >= 0.3 is 0 Å².